The molecule has 3 rings (SSSR count). The number of rotatable bonds is 6. The molecule has 0 radical (unpaired) electrons. The zero-order valence-corrected chi connectivity index (χ0v) is 14.4. The Balaban J connectivity index is 1.62. The highest BCUT2D eigenvalue weighted by Crippen LogP contribution is 2.32. The summed E-state index contributed by atoms with van der Waals surface area (Å²) >= 11 is 0. The van der Waals surface area contributed by atoms with E-state index in [0.29, 0.717) is 12.4 Å². The summed E-state index contributed by atoms with van der Waals surface area (Å²) in [6.45, 7) is 4.92. The molecule has 5 heteroatoms. The van der Waals surface area contributed by atoms with Gasteiger partial charge in [-0.2, -0.15) is 0 Å². The van der Waals surface area contributed by atoms with Gasteiger partial charge in [-0.15, -0.1) is 0 Å². The van der Waals surface area contributed by atoms with Crippen LogP contribution in [-0.2, 0) is 4.79 Å². The molecule has 130 valence electrons. The third-order valence-corrected chi connectivity index (χ3v) is 3.75. The minimum absolute atomic E-state index is 0.192. The predicted octanol–water partition coefficient (Wildman–Crippen LogP) is 4.16. The molecule has 0 aromatic heterocycles. The molecule has 0 atom stereocenters. The van der Waals surface area contributed by atoms with Gasteiger partial charge in [-0.1, -0.05) is 13.0 Å². The molecule has 2 aromatic rings. The molecule has 0 saturated carbocycles. The summed E-state index contributed by atoms with van der Waals surface area (Å²) in [5.41, 5.74) is 2.60. The molecule has 0 fully saturated rings. The van der Waals surface area contributed by atoms with Crippen molar-refractivity contribution in [1.82, 2.24) is 0 Å². The van der Waals surface area contributed by atoms with Gasteiger partial charge in [0, 0.05) is 11.8 Å². The van der Waals surface area contributed by atoms with Crippen LogP contribution in [0.4, 0.5) is 5.69 Å². The molecule has 0 saturated heterocycles. The number of fused-ring (bicyclic) bond motifs is 1. The third kappa shape index (κ3) is 4.32. The Morgan fingerprint density at radius 3 is 2.84 bits per heavy atom. The first kappa shape index (κ1) is 16.9. The van der Waals surface area contributed by atoms with Gasteiger partial charge in [-0.3, -0.25) is 4.79 Å². The van der Waals surface area contributed by atoms with Crippen LogP contribution >= 0.6 is 0 Å². The maximum Gasteiger partial charge on any atom is 0.248 e. The molecular formula is C20H21NO4. The first-order chi connectivity index (χ1) is 12.2. The summed E-state index contributed by atoms with van der Waals surface area (Å²) in [4.78, 5) is 12.1. The van der Waals surface area contributed by atoms with Crippen molar-refractivity contribution in [3.05, 3.63) is 53.6 Å². The number of ether oxygens (including phenoxy) is 3. The highest BCUT2D eigenvalue weighted by atomic mass is 16.7. The van der Waals surface area contributed by atoms with Gasteiger partial charge in [0.1, 0.15) is 5.75 Å². The molecule has 1 heterocycles. The summed E-state index contributed by atoms with van der Waals surface area (Å²) < 4.78 is 16.2. The number of carbonyl (C=O) groups excluding carboxylic acids is 1. The van der Waals surface area contributed by atoms with Crippen LogP contribution in [0.5, 0.6) is 17.2 Å². The first-order valence-electron chi connectivity index (χ1n) is 8.28. The maximum atomic E-state index is 12.1. The van der Waals surface area contributed by atoms with Crippen molar-refractivity contribution in [3.63, 3.8) is 0 Å². The summed E-state index contributed by atoms with van der Waals surface area (Å²) in [7, 11) is 0. The third-order valence-electron chi connectivity index (χ3n) is 3.75. The molecule has 1 aliphatic rings. The van der Waals surface area contributed by atoms with E-state index < -0.39 is 0 Å². The van der Waals surface area contributed by atoms with E-state index >= 15 is 0 Å². The second-order valence-electron chi connectivity index (χ2n) is 5.76. The van der Waals surface area contributed by atoms with Gasteiger partial charge in [0.25, 0.3) is 0 Å². The number of nitrogens with one attached hydrogen (secondary N) is 1. The lowest BCUT2D eigenvalue weighted by molar-refractivity contribution is -0.111. The van der Waals surface area contributed by atoms with E-state index in [4.69, 9.17) is 14.2 Å². The summed E-state index contributed by atoms with van der Waals surface area (Å²) in [5.74, 6) is 2.04. The Labute approximate surface area is 147 Å². The largest absolute Gasteiger partial charge is 0.494 e. The van der Waals surface area contributed by atoms with E-state index in [2.05, 4.69) is 12.2 Å². The second-order valence-corrected chi connectivity index (χ2v) is 5.76. The average Bonchev–Trinajstić information content (AvgIpc) is 3.08. The van der Waals surface area contributed by atoms with E-state index in [0.717, 1.165) is 34.7 Å². The lowest BCUT2D eigenvalue weighted by atomic mass is 10.1. The van der Waals surface area contributed by atoms with Crippen LogP contribution in [0.25, 0.3) is 6.08 Å². The smallest absolute Gasteiger partial charge is 0.248 e. The van der Waals surface area contributed by atoms with Crippen LogP contribution in [0.2, 0.25) is 0 Å². The van der Waals surface area contributed by atoms with Crippen LogP contribution in [0.1, 0.15) is 24.5 Å². The SMILES string of the molecule is CCCOc1ccc(NC(=O)/C=C/c2ccc3c(c2)OCO3)c(C)c1. The van der Waals surface area contributed by atoms with E-state index in [1.165, 1.54) is 6.08 Å². The van der Waals surface area contributed by atoms with Crippen molar-refractivity contribution in [3.8, 4) is 17.2 Å². The molecule has 1 N–H and O–H groups in total. The summed E-state index contributed by atoms with van der Waals surface area (Å²) in [6.07, 6.45) is 4.20. The van der Waals surface area contributed by atoms with Crippen molar-refractivity contribution < 1.29 is 19.0 Å². The number of amides is 1. The zero-order valence-electron chi connectivity index (χ0n) is 14.4. The Morgan fingerprint density at radius 1 is 1.20 bits per heavy atom. The first-order valence-corrected chi connectivity index (χ1v) is 8.28. The van der Waals surface area contributed by atoms with Crippen molar-refractivity contribution in [1.29, 1.82) is 0 Å². The number of benzene rings is 2. The molecule has 1 aliphatic heterocycles. The van der Waals surface area contributed by atoms with Gasteiger partial charge in [0.15, 0.2) is 11.5 Å². The van der Waals surface area contributed by atoms with Crippen molar-refractivity contribution >= 4 is 17.7 Å². The second kappa shape index (κ2) is 7.75. The fourth-order valence-electron chi connectivity index (χ4n) is 2.45. The maximum absolute atomic E-state index is 12.1. The molecule has 0 bridgehead atoms. The van der Waals surface area contributed by atoms with Gasteiger partial charge in [-0.25, -0.2) is 0 Å². The summed E-state index contributed by atoms with van der Waals surface area (Å²) in [5, 5.41) is 2.88. The van der Waals surface area contributed by atoms with E-state index in [9.17, 15) is 4.79 Å². The predicted molar refractivity (Wildman–Crippen MR) is 97.2 cm³/mol. The molecule has 0 aliphatic carbocycles. The highest BCUT2D eigenvalue weighted by Gasteiger charge is 2.12. The van der Waals surface area contributed by atoms with Crippen LogP contribution in [-0.4, -0.2) is 19.3 Å². The molecule has 25 heavy (non-hydrogen) atoms. The zero-order chi connectivity index (χ0) is 17.6. The molecule has 0 unspecified atom stereocenters. The number of hydrogen-bond acceptors (Lipinski definition) is 4. The van der Waals surface area contributed by atoms with Crippen molar-refractivity contribution in [2.24, 2.45) is 0 Å². The quantitative estimate of drug-likeness (QED) is 0.803. The van der Waals surface area contributed by atoms with Crippen LogP contribution in [0.3, 0.4) is 0 Å². The monoisotopic (exact) mass is 339 g/mol. The number of aryl methyl sites for hydroxylation is 1. The van der Waals surface area contributed by atoms with Crippen molar-refractivity contribution in [2.75, 3.05) is 18.7 Å². The normalized spacial score (nSPS) is 12.4. The van der Waals surface area contributed by atoms with E-state index in [-0.39, 0.29) is 12.7 Å². The summed E-state index contributed by atoms with van der Waals surface area (Å²) in [6, 6.07) is 11.2. The van der Waals surface area contributed by atoms with Crippen LogP contribution in [0.15, 0.2) is 42.5 Å². The molecule has 0 spiro atoms. The lowest BCUT2D eigenvalue weighted by Gasteiger charge is -2.10. The van der Waals surface area contributed by atoms with E-state index in [1.54, 1.807) is 6.08 Å². The molecule has 5 nitrogen and oxygen atoms in total. The minimum atomic E-state index is -0.192. The van der Waals surface area contributed by atoms with Crippen molar-refractivity contribution in [2.45, 2.75) is 20.3 Å². The fourth-order valence-corrected chi connectivity index (χ4v) is 2.45. The number of carbonyl (C=O) groups is 1. The standard InChI is InChI=1S/C20H21NO4/c1-3-10-23-16-6-7-17(14(2)11-16)21-20(22)9-5-15-4-8-18-19(12-15)25-13-24-18/h4-9,11-12H,3,10,13H2,1-2H3,(H,21,22)/b9-5+. The molecule has 2 aromatic carbocycles. The fraction of sp³-hybridized carbons (Fsp3) is 0.250. The van der Waals surface area contributed by atoms with Gasteiger partial charge >= 0.3 is 0 Å². The van der Waals surface area contributed by atoms with Crippen LogP contribution in [0, 0.1) is 6.92 Å². The Hall–Kier alpha value is -2.95. The van der Waals surface area contributed by atoms with E-state index in [1.807, 2.05) is 43.3 Å². The lowest BCUT2D eigenvalue weighted by Crippen LogP contribution is -2.09. The highest BCUT2D eigenvalue weighted by molar-refractivity contribution is 6.02. The Kier molecular flexibility index (Phi) is 5.23. The molecular weight excluding hydrogens is 318 g/mol. The number of anilines is 1. The Morgan fingerprint density at radius 2 is 2.04 bits per heavy atom. The Bertz CT molecular complexity index is 798. The van der Waals surface area contributed by atoms with Gasteiger partial charge in [0.05, 0.1) is 6.61 Å². The minimum Gasteiger partial charge on any atom is -0.494 e. The van der Waals surface area contributed by atoms with Gasteiger partial charge < -0.3 is 19.5 Å². The average molecular weight is 339 g/mol. The number of hydrogen-bond donors (Lipinski definition) is 1. The van der Waals surface area contributed by atoms with Crippen LogP contribution < -0.4 is 19.5 Å². The van der Waals surface area contributed by atoms with Gasteiger partial charge in [-0.05, 0) is 60.9 Å². The van der Waals surface area contributed by atoms with Gasteiger partial charge in [0.2, 0.25) is 12.7 Å². The topological polar surface area (TPSA) is 56.8 Å². The molecule has 1 amide bonds.